The van der Waals surface area contributed by atoms with E-state index in [2.05, 4.69) is 22.8 Å². The van der Waals surface area contributed by atoms with Gasteiger partial charge in [-0.1, -0.05) is 6.07 Å². The Morgan fingerprint density at radius 3 is 3.07 bits per heavy atom. The van der Waals surface area contributed by atoms with E-state index in [1.807, 2.05) is 17.4 Å². The molecule has 0 fully saturated rings. The van der Waals surface area contributed by atoms with Gasteiger partial charge >= 0.3 is 0 Å². The number of thiophene rings is 1. The second-order valence-electron chi connectivity index (χ2n) is 3.14. The Balaban J connectivity index is 1.65. The average Bonchev–Trinajstić information content (AvgIpc) is 2.86. The first-order valence-electron chi connectivity index (χ1n) is 4.69. The maximum absolute atomic E-state index is 4.98. The van der Waals surface area contributed by atoms with Crippen molar-refractivity contribution < 1.29 is 4.42 Å². The van der Waals surface area contributed by atoms with Crippen LogP contribution in [0.25, 0.3) is 0 Å². The minimum atomic E-state index is 0.891. The van der Waals surface area contributed by atoms with Crippen LogP contribution in [-0.2, 0) is 13.0 Å². The summed E-state index contributed by atoms with van der Waals surface area (Å²) in [6.07, 6.45) is 4.59. The summed E-state index contributed by atoms with van der Waals surface area (Å²) in [4.78, 5) is 1.43. The van der Waals surface area contributed by atoms with Crippen LogP contribution in [0.4, 0.5) is 0 Å². The molecule has 2 rings (SSSR count). The van der Waals surface area contributed by atoms with Gasteiger partial charge in [0.2, 0.25) is 0 Å². The van der Waals surface area contributed by atoms with Crippen molar-refractivity contribution in [2.75, 3.05) is 6.54 Å². The molecular weight excluding hydrogens is 194 g/mol. The van der Waals surface area contributed by atoms with E-state index in [1.54, 1.807) is 12.5 Å². The molecule has 0 aliphatic heterocycles. The van der Waals surface area contributed by atoms with Crippen LogP contribution in [0.3, 0.4) is 0 Å². The molecule has 74 valence electrons. The van der Waals surface area contributed by atoms with Crippen molar-refractivity contribution in [1.29, 1.82) is 0 Å². The Morgan fingerprint density at radius 2 is 2.36 bits per heavy atom. The van der Waals surface area contributed by atoms with Crippen LogP contribution in [-0.4, -0.2) is 6.54 Å². The van der Waals surface area contributed by atoms with E-state index < -0.39 is 0 Å². The standard InChI is InChI=1S/C11H13NOS/c1-2-11(14-7-1)3-5-12-8-10-4-6-13-9-10/h1-2,4,6-7,9,12H,3,5,8H2. The fourth-order valence-corrected chi connectivity index (χ4v) is 2.00. The molecule has 2 heterocycles. The summed E-state index contributed by atoms with van der Waals surface area (Å²) in [5.74, 6) is 0. The molecule has 2 aromatic heterocycles. The highest BCUT2D eigenvalue weighted by molar-refractivity contribution is 7.09. The van der Waals surface area contributed by atoms with Gasteiger partial charge in [-0.15, -0.1) is 11.3 Å². The summed E-state index contributed by atoms with van der Waals surface area (Å²) < 4.78 is 4.98. The highest BCUT2D eigenvalue weighted by atomic mass is 32.1. The minimum absolute atomic E-state index is 0.891. The van der Waals surface area contributed by atoms with Crippen LogP contribution < -0.4 is 5.32 Å². The van der Waals surface area contributed by atoms with Gasteiger partial charge in [0.25, 0.3) is 0 Å². The van der Waals surface area contributed by atoms with Crippen molar-refractivity contribution in [1.82, 2.24) is 5.32 Å². The number of hydrogen-bond acceptors (Lipinski definition) is 3. The summed E-state index contributed by atoms with van der Waals surface area (Å²) >= 11 is 1.81. The molecule has 0 saturated carbocycles. The van der Waals surface area contributed by atoms with E-state index in [0.717, 1.165) is 19.5 Å². The van der Waals surface area contributed by atoms with Gasteiger partial charge in [0.05, 0.1) is 12.5 Å². The normalized spacial score (nSPS) is 10.6. The first-order valence-corrected chi connectivity index (χ1v) is 5.57. The smallest absolute Gasteiger partial charge is 0.0947 e. The molecule has 0 aromatic carbocycles. The summed E-state index contributed by atoms with van der Waals surface area (Å²) in [5.41, 5.74) is 1.20. The van der Waals surface area contributed by atoms with E-state index in [9.17, 15) is 0 Å². The van der Waals surface area contributed by atoms with Crippen LogP contribution >= 0.6 is 11.3 Å². The van der Waals surface area contributed by atoms with Crippen molar-refractivity contribution in [3.63, 3.8) is 0 Å². The third kappa shape index (κ3) is 2.72. The molecule has 14 heavy (non-hydrogen) atoms. The fraction of sp³-hybridized carbons (Fsp3) is 0.273. The molecule has 0 aliphatic carbocycles. The number of nitrogens with one attached hydrogen (secondary N) is 1. The number of furan rings is 1. The Morgan fingerprint density at radius 1 is 1.36 bits per heavy atom. The molecule has 0 unspecified atom stereocenters. The molecule has 0 bridgehead atoms. The van der Waals surface area contributed by atoms with Gasteiger partial charge < -0.3 is 9.73 Å². The van der Waals surface area contributed by atoms with Gasteiger partial charge in [-0.2, -0.15) is 0 Å². The van der Waals surface area contributed by atoms with Crippen molar-refractivity contribution in [2.24, 2.45) is 0 Å². The molecule has 1 N–H and O–H groups in total. The van der Waals surface area contributed by atoms with Crippen LogP contribution in [0.5, 0.6) is 0 Å². The van der Waals surface area contributed by atoms with E-state index in [-0.39, 0.29) is 0 Å². The van der Waals surface area contributed by atoms with Gasteiger partial charge in [-0.25, -0.2) is 0 Å². The van der Waals surface area contributed by atoms with Gasteiger partial charge in [-0.05, 0) is 23.9 Å². The molecule has 2 nitrogen and oxygen atoms in total. The summed E-state index contributed by atoms with van der Waals surface area (Å²) in [6, 6.07) is 6.25. The lowest BCUT2D eigenvalue weighted by molar-refractivity contribution is 0.560. The second-order valence-corrected chi connectivity index (χ2v) is 4.17. The molecule has 0 saturated heterocycles. The monoisotopic (exact) mass is 207 g/mol. The molecule has 3 heteroatoms. The maximum atomic E-state index is 4.98. The van der Waals surface area contributed by atoms with Crippen molar-refractivity contribution in [2.45, 2.75) is 13.0 Å². The van der Waals surface area contributed by atoms with E-state index in [0.29, 0.717) is 0 Å². The van der Waals surface area contributed by atoms with E-state index in [1.165, 1.54) is 10.4 Å². The van der Waals surface area contributed by atoms with Crippen LogP contribution in [0.1, 0.15) is 10.4 Å². The zero-order chi connectivity index (χ0) is 9.64. The maximum Gasteiger partial charge on any atom is 0.0947 e. The predicted octanol–water partition coefficient (Wildman–Crippen LogP) is 2.67. The third-order valence-corrected chi connectivity index (χ3v) is 2.97. The Hall–Kier alpha value is -1.06. The predicted molar refractivity (Wildman–Crippen MR) is 58.4 cm³/mol. The lowest BCUT2D eigenvalue weighted by Crippen LogP contribution is -2.15. The molecule has 0 spiro atoms. The Labute approximate surface area is 87.6 Å². The first-order chi connectivity index (χ1) is 6.95. The van der Waals surface area contributed by atoms with E-state index >= 15 is 0 Å². The molecule has 2 aromatic rings. The Kier molecular flexibility index (Phi) is 3.38. The zero-order valence-corrected chi connectivity index (χ0v) is 8.72. The third-order valence-electron chi connectivity index (χ3n) is 2.04. The zero-order valence-electron chi connectivity index (χ0n) is 7.90. The molecule has 0 aliphatic rings. The first kappa shape index (κ1) is 9.49. The summed E-state index contributed by atoms with van der Waals surface area (Å²) in [7, 11) is 0. The molecule has 0 atom stereocenters. The quantitative estimate of drug-likeness (QED) is 0.762. The highest BCUT2D eigenvalue weighted by Gasteiger charge is 1.95. The van der Waals surface area contributed by atoms with Crippen molar-refractivity contribution in [3.8, 4) is 0 Å². The van der Waals surface area contributed by atoms with Crippen LogP contribution in [0, 0.1) is 0 Å². The van der Waals surface area contributed by atoms with Crippen molar-refractivity contribution >= 4 is 11.3 Å². The van der Waals surface area contributed by atoms with Crippen LogP contribution in [0.2, 0.25) is 0 Å². The fourth-order valence-electron chi connectivity index (χ4n) is 1.29. The second kappa shape index (κ2) is 4.98. The lowest BCUT2D eigenvalue weighted by atomic mass is 10.3. The number of hydrogen-bond donors (Lipinski definition) is 1. The van der Waals surface area contributed by atoms with Crippen molar-refractivity contribution in [3.05, 3.63) is 46.5 Å². The Bertz CT molecular complexity index is 303. The average molecular weight is 207 g/mol. The van der Waals surface area contributed by atoms with Gasteiger partial charge in [0, 0.05) is 23.5 Å². The van der Waals surface area contributed by atoms with Gasteiger partial charge in [0.15, 0.2) is 0 Å². The molecule has 0 amide bonds. The van der Waals surface area contributed by atoms with E-state index in [4.69, 9.17) is 4.42 Å². The summed E-state index contributed by atoms with van der Waals surface area (Å²) in [6.45, 7) is 1.91. The summed E-state index contributed by atoms with van der Waals surface area (Å²) in [5, 5.41) is 5.49. The minimum Gasteiger partial charge on any atom is -0.472 e. The largest absolute Gasteiger partial charge is 0.472 e. The van der Waals surface area contributed by atoms with Crippen LogP contribution in [0.15, 0.2) is 40.5 Å². The lowest BCUT2D eigenvalue weighted by Gasteiger charge is -2.00. The molecule has 0 radical (unpaired) electrons. The highest BCUT2D eigenvalue weighted by Crippen LogP contribution is 2.08. The topological polar surface area (TPSA) is 25.2 Å². The van der Waals surface area contributed by atoms with Gasteiger partial charge in [-0.3, -0.25) is 0 Å². The van der Waals surface area contributed by atoms with Gasteiger partial charge in [0.1, 0.15) is 0 Å². The number of rotatable bonds is 5. The molecular formula is C11H13NOS. The SMILES string of the molecule is c1csc(CCNCc2ccoc2)c1.